The molecule has 0 fully saturated rings. The van der Waals surface area contributed by atoms with Crippen LogP contribution in [0.2, 0.25) is 0 Å². The Balaban J connectivity index is 2.18. The number of halogens is 1. The minimum absolute atomic E-state index is 0.0727. The van der Waals surface area contributed by atoms with E-state index in [1.807, 2.05) is 13.8 Å². The van der Waals surface area contributed by atoms with Crippen molar-refractivity contribution in [2.75, 3.05) is 0 Å². The van der Waals surface area contributed by atoms with E-state index in [0.717, 1.165) is 0 Å². The number of ether oxygens (including phenoxy) is 1. The van der Waals surface area contributed by atoms with Gasteiger partial charge in [0.1, 0.15) is 29.8 Å². The first-order valence-electron chi connectivity index (χ1n) is 5.71. The standard InChI is InChI=1S/C12H12FN5O/c1-8(2)18-12(15-16-17-18)7-19-11-5-3-4-10(13)9(11)6-14/h3-5,8H,7H2,1-2H3. The summed E-state index contributed by atoms with van der Waals surface area (Å²) in [6.45, 7) is 3.94. The Labute approximate surface area is 109 Å². The summed E-state index contributed by atoms with van der Waals surface area (Å²) in [4.78, 5) is 0. The molecule has 0 saturated heterocycles. The van der Waals surface area contributed by atoms with E-state index in [9.17, 15) is 4.39 Å². The summed E-state index contributed by atoms with van der Waals surface area (Å²) in [5.41, 5.74) is -0.119. The molecule has 98 valence electrons. The van der Waals surface area contributed by atoms with Crippen molar-refractivity contribution in [1.82, 2.24) is 20.2 Å². The van der Waals surface area contributed by atoms with E-state index >= 15 is 0 Å². The minimum atomic E-state index is -0.608. The molecule has 2 aromatic rings. The number of hydrogen-bond donors (Lipinski definition) is 0. The summed E-state index contributed by atoms with van der Waals surface area (Å²) in [7, 11) is 0. The van der Waals surface area contributed by atoms with Gasteiger partial charge in [0.25, 0.3) is 0 Å². The highest BCUT2D eigenvalue weighted by Gasteiger charge is 2.13. The van der Waals surface area contributed by atoms with Gasteiger partial charge in [-0.05, 0) is 36.4 Å². The van der Waals surface area contributed by atoms with E-state index in [0.29, 0.717) is 5.82 Å². The van der Waals surface area contributed by atoms with Gasteiger partial charge in [-0.2, -0.15) is 5.26 Å². The molecule has 0 aliphatic carbocycles. The molecule has 6 nitrogen and oxygen atoms in total. The second-order valence-corrected chi connectivity index (χ2v) is 4.15. The van der Waals surface area contributed by atoms with Gasteiger partial charge < -0.3 is 4.74 Å². The second-order valence-electron chi connectivity index (χ2n) is 4.15. The number of tetrazole rings is 1. The van der Waals surface area contributed by atoms with Crippen molar-refractivity contribution >= 4 is 0 Å². The molecule has 7 heteroatoms. The van der Waals surface area contributed by atoms with Crippen molar-refractivity contribution in [3.8, 4) is 11.8 Å². The van der Waals surface area contributed by atoms with E-state index in [-0.39, 0.29) is 24.0 Å². The first-order chi connectivity index (χ1) is 9.13. The Hall–Kier alpha value is -2.49. The molecule has 0 radical (unpaired) electrons. The Morgan fingerprint density at radius 3 is 2.95 bits per heavy atom. The third-order valence-electron chi connectivity index (χ3n) is 2.49. The predicted octanol–water partition coefficient (Wildman–Crippen LogP) is 1.84. The molecule has 2 rings (SSSR count). The molecule has 0 N–H and O–H groups in total. The van der Waals surface area contributed by atoms with Crippen molar-refractivity contribution in [2.45, 2.75) is 26.5 Å². The van der Waals surface area contributed by atoms with Crippen LogP contribution < -0.4 is 4.74 Å². The summed E-state index contributed by atoms with van der Waals surface area (Å²) in [5.74, 6) is 0.0902. The monoisotopic (exact) mass is 261 g/mol. The molecule has 0 saturated carbocycles. The molecule has 0 spiro atoms. The largest absolute Gasteiger partial charge is 0.484 e. The minimum Gasteiger partial charge on any atom is -0.484 e. The summed E-state index contributed by atoms with van der Waals surface area (Å²) < 4.78 is 20.4. The van der Waals surface area contributed by atoms with Crippen LogP contribution in [-0.4, -0.2) is 20.2 Å². The van der Waals surface area contributed by atoms with Crippen LogP contribution in [-0.2, 0) is 6.61 Å². The average molecular weight is 261 g/mol. The Morgan fingerprint density at radius 1 is 1.47 bits per heavy atom. The molecule has 0 aliphatic heterocycles. The second kappa shape index (κ2) is 5.44. The van der Waals surface area contributed by atoms with Gasteiger partial charge in [0.05, 0.1) is 6.04 Å². The van der Waals surface area contributed by atoms with Crippen LogP contribution in [0.15, 0.2) is 18.2 Å². The van der Waals surface area contributed by atoms with Crippen molar-refractivity contribution in [1.29, 1.82) is 5.26 Å². The lowest BCUT2D eigenvalue weighted by atomic mass is 10.2. The lowest BCUT2D eigenvalue weighted by Gasteiger charge is -2.10. The number of hydrogen-bond acceptors (Lipinski definition) is 5. The fourth-order valence-corrected chi connectivity index (χ4v) is 1.58. The number of nitrogens with zero attached hydrogens (tertiary/aromatic N) is 5. The van der Waals surface area contributed by atoms with E-state index < -0.39 is 5.82 Å². The lowest BCUT2D eigenvalue weighted by molar-refractivity contribution is 0.280. The SMILES string of the molecule is CC(C)n1nnnc1COc1cccc(F)c1C#N. The van der Waals surface area contributed by atoms with Gasteiger partial charge in [-0.25, -0.2) is 9.07 Å². The first-order valence-corrected chi connectivity index (χ1v) is 5.71. The van der Waals surface area contributed by atoms with Crippen LogP contribution in [0.3, 0.4) is 0 Å². The average Bonchev–Trinajstić information content (AvgIpc) is 2.84. The highest BCUT2D eigenvalue weighted by molar-refractivity contribution is 5.43. The van der Waals surface area contributed by atoms with Gasteiger partial charge in [0.15, 0.2) is 5.82 Å². The van der Waals surface area contributed by atoms with E-state index in [2.05, 4.69) is 15.5 Å². The lowest BCUT2D eigenvalue weighted by Crippen LogP contribution is -2.11. The Kier molecular flexibility index (Phi) is 3.71. The zero-order valence-corrected chi connectivity index (χ0v) is 10.5. The van der Waals surface area contributed by atoms with Gasteiger partial charge in [-0.15, -0.1) is 5.10 Å². The maximum Gasteiger partial charge on any atom is 0.189 e. The van der Waals surface area contributed by atoms with Crippen LogP contribution in [0.4, 0.5) is 4.39 Å². The molecular formula is C12H12FN5O. The Morgan fingerprint density at radius 2 is 2.26 bits per heavy atom. The molecule has 0 atom stereocenters. The van der Waals surface area contributed by atoms with Gasteiger partial charge in [-0.3, -0.25) is 0 Å². The quantitative estimate of drug-likeness (QED) is 0.839. The molecule has 1 heterocycles. The predicted molar refractivity (Wildman–Crippen MR) is 63.6 cm³/mol. The highest BCUT2D eigenvalue weighted by Crippen LogP contribution is 2.21. The van der Waals surface area contributed by atoms with Crippen LogP contribution in [0.5, 0.6) is 5.75 Å². The van der Waals surface area contributed by atoms with Gasteiger partial charge in [0.2, 0.25) is 0 Å². The fourth-order valence-electron chi connectivity index (χ4n) is 1.58. The molecule has 1 aromatic carbocycles. The van der Waals surface area contributed by atoms with Crippen molar-refractivity contribution in [3.05, 3.63) is 35.4 Å². The normalized spacial score (nSPS) is 10.5. The third-order valence-corrected chi connectivity index (χ3v) is 2.49. The van der Waals surface area contributed by atoms with Crippen LogP contribution in [0.1, 0.15) is 31.3 Å². The Bertz CT molecular complexity index is 617. The van der Waals surface area contributed by atoms with Crippen molar-refractivity contribution < 1.29 is 9.13 Å². The topological polar surface area (TPSA) is 76.6 Å². The van der Waals surface area contributed by atoms with Crippen LogP contribution in [0.25, 0.3) is 0 Å². The molecule has 0 amide bonds. The van der Waals surface area contributed by atoms with E-state index in [4.69, 9.17) is 10.00 Å². The molecule has 19 heavy (non-hydrogen) atoms. The van der Waals surface area contributed by atoms with Gasteiger partial charge >= 0.3 is 0 Å². The highest BCUT2D eigenvalue weighted by atomic mass is 19.1. The number of aromatic nitrogens is 4. The summed E-state index contributed by atoms with van der Waals surface area (Å²) in [5, 5.41) is 20.1. The molecular weight excluding hydrogens is 249 g/mol. The molecule has 0 bridgehead atoms. The molecule has 0 aliphatic rings. The summed E-state index contributed by atoms with van der Waals surface area (Å²) >= 11 is 0. The first kappa shape index (κ1) is 13.0. The van der Waals surface area contributed by atoms with E-state index in [1.54, 1.807) is 10.8 Å². The van der Waals surface area contributed by atoms with Crippen LogP contribution in [0, 0.1) is 17.1 Å². The molecule has 0 unspecified atom stereocenters. The third kappa shape index (κ3) is 2.68. The summed E-state index contributed by atoms with van der Waals surface area (Å²) in [6, 6.07) is 6.09. The number of nitriles is 1. The maximum absolute atomic E-state index is 13.4. The zero-order valence-electron chi connectivity index (χ0n) is 10.5. The zero-order chi connectivity index (χ0) is 13.8. The summed E-state index contributed by atoms with van der Waals surface area (Å²) in [6.07, 6.45) is 0. The smallest absolute Gasteiger partial charge is 0.189 e. The van der Waals surface area contributed by atoms with Crippen LogP contribution >= 0.6 is 0 Å². The maximum atomic E-state index is 13.4. The van der Waals surface area contributed by atoms with Gasteiger partial charge in [0, 0.05) is 0 Å². The number of rotatable bonds is 4. The fraction of sp³-hybridized carbons (Fsp3) is 0.333. The van der Waals surface area contributed by atoms with Crippen molar-refractivity contribution in [3.63, 3.8) is 0 Å². The number of benzene rings is 1. The van der Waals surface area contributed by atoms with Crippen molar-refractivity contribution in [2.24, 2.45) is 0 Å². The van der Waals surface area contributed by atoms with Gasteiger partial charge in [-0.1, -0.05) is 6.07 Å². The molecule has 1 aromatic heterocycles. The van der Waals surface area contributed by atoms with E-state index in [1.165, 1.54) is 18.2 Å².